The number of pyridine rings is 1. The minimum absolute atomic E-state index is 0.00595. The maximum atomic E-state index is 13.0. The summed E-state index contributed by atoms with van der Waals surface area (Å²) < 4.78 is 7.98. The van der Waals surface area contributed by atoms with Gasteiger partial charge in [0.2, 0.25) is 0 Å². The Labute approximate surface area is 184 Å². The highest BCUT2D eigenvalue weighted by Gasteiger charge is 2.53. The summed E-state index contributed by atoms with van der Waals surface area (Å²) in [6.45, 7) is 8.26. The number of aromatic nitrogens is 1. The van der Waals surface area contributed by atoms with Gasteiger partial charge in [0.15, 0.2) is 0 Å². The van der Waals surface area contributed by atoms with Crippen LogP contribution >= 0.6 is 0 Å². The van der Waals surface area contributed by atoms with E-state index in [4.69, 9.17) is 4.74 Å². The third-order valence-corrected chi connectivity index (χ3v) is 9.19. The van der Waals surface area contributed by atoms with Gasteiger partial charge in [-0.2, -0.15) is 0 Å². The van der Waals surface area contributed by atoms with Gasteiger partial charge < -0.3 is 14.2 Å². The zero-order valence-electron chi connectivity index (χ0n) is 18.8. The van der Waals surface area contributed by atoms with Gasteiger partial charge in [-0.15, -0.1) is 0 Å². The second-order valence-corrected chi connectivity index (χ2v) is 11.2. The summed E-state index contributed by atoms with van der Waals surface area (Å²) >= 11 is 0. The van der Waals surface area contributed by atoms with Gasteiger partial charge in [0.05, 0.1) is 5.92 Å². The van der Waals surface area contributed by atoms with Crippen molar-refractivity contribution in [3.8, 4) is 0 Å². The van der Waals surface area contributed by atoms with Crippen molar-refractivity contribution in [2.45, 2.75) is 70.9 Å². The SMILES string of the molecule is CC1=C2C[C@@H]3C(CN4C[C@H]5C[C@@H](C4)c4cccc(=O)n4C5)C(=O)O[C@@H]3C[C@@]2(C)CCC1. The van der Waals surface area contributed by atoms with Gasteiger partial charge in [-0.1, -0.05) is 24.1 Å². The zero-order chi connectivity index (χ0) is 21.3. The molecule has 4 heterocycles. The van der Waals surface area contributed by atoms with E-state index in [0.29, 0.717) is 17.8 Å². The van der Waals surface area contributed by atoms with E-state index in [0.717, 1.165) is 45.4 Å². The summed E-state index contributed by atoms with van der Waals surface area (Å²) in [6.07, 6.45) is 7.03. The van der Waals surface area contributed by atoms with Crippen LogP contribution in [0.3, 0.4) is 0 Å². The Morgan fingerprint density at radius 2 is 2.06 bits per heavy atom. The van der Waals surface area contributed by atoms with Crippen LogP contribution in [0.2, 0.25) is 0 Å². The molecular formula is C26H34N2O3. The molecule has 31 heavy (non-hydrogen) atoms. The highest BCUT2D eigenvalue weighted by molar-refractivity contribution is 5.76. The maximum Gasteiger partial charge on any atom is 0.310 e. The van der Waals surface area contributed by atoms with Crippen LogP contribution in [0.1, 0.15) is 64.0 Å². The summed E-state index contributed by atoms with van der Waals surface area (Å²) in [6, 6.07) is 5.69. The second kappa shape index (κ2) is 7.06. The molecule has 2 aliphatic carbocycles. The molecule has 0 N–H and O–H groups in total. The van der Waals surface area contributed by atoms with E-state index in [1.54, 1.807) is 17.2 Å². The average molecular weight is 423 g/mol. The predicted octanol–water partition coefficient (Wildman–Crippen LogP) is 3.73. The van der Waals surface area contributed by atoms with Crippen molar-refractivity contribution >= 4 is 5.97 Å². The molecule has 5 heteroatoms. The smallest absolute Gasteiger partial charge is 0.310 e. The van der Waals surface area contributed by atoms with Crippen LogP contribution in [0.4, 0.5) is 0 Å². The number of nitrogens with zero attached hydrogens (tertiary/aromatic N) is 2. The molecule has 0 radical (unpaired) electrons. The topological polar surface area (TPSA) is 51.5 Å². The third kappa shape index (κ3) is 3.14. The van der Waals surface area contributed by atoms with E-state index in [2.05, 4.69) is 24.8 Å². The molecule has 0 spiro atoms. The fourth-order valence-corrected chi connectivity index (χ4v) is 7.74. The predicted molar refractivity (Wildman–Crippen MR) is 119 cm³/mol. The minimum Gasteiger partial charge on any atom is -0.462 e. The van der Waals surface area contributed by atoms with E-state index in [9.17, 15) is 9.59 Å². The third-order valence-electron chi connectivity index (χ3n) is 9.19. The number of carbonyl (C=O) groups is 1. The van der Waals surface area contributed by atoms with Crippen LogP contribution in [0, 0.1) is 23.2 Å². The van der Waals surface area contributed by atoms with Gasteiger partial charge in [0, 0.05) is 49.8 Å². The number of esters is 1. The molecule has 0 amide bonds. The molecule has 5 aliphatic rings. The average Bonchev–Trinajstić information content (AvgIpc) is 3.01. The molecule has 166 valence electrons. The molecule has 1 unspecified atom stereocenters. The van der Waals surface area contributed by atoms with Gasteiger partial charge in [0.25, 0.3) is 5.56 Å². The molecule has 3 aliphatic heterocycles. The fourth-order valence-electron chi connectivity index (χ4n) is 7.74. The molecule has 2 saturated heterocycles. The Morgan fingerprint density at radius 1 is 1.19 bits per heavy atom. The van der Waals surface area contributed by atoms with Crippen LogP contribution in [-0.4, -0.2) is 41.2 Å². The van der Waals surface area contributed by atoms with Crippen LogP contribution in [0.15, 0.2) is 34.1 Å². The van der Waals surface area contributed by atoms with E-state index in [1.165, 1.54) is 25.0 Å². The molecule has 0 aromatic carbocycles. The molecule has 1 aromatic heterocycles. The first-order valence-electron chi connectivity index (χ1n) is 12.2. The lowest BCUT2D eigenvalue weighted by atomic mass is 9.59. The highest BCUT2D eigenvalue weighted by atomic mass is 16.6. The van der Waals surface area contributed by atoms with Gasteiger partial charge in [0.1, 0.15) is 6.10 Å². The van der Waals surface area contributed by atoms with Crippen LogP contribution in [-0.2, 0) is 16.1 Å². The Balaban J connectivity index is 1.22. The largest absolute Gasteiger partial charge is 0.462 e. The number of rotatable bonds is 2. The molecule has 1 aromatic rings. The van der Waals surface area contributed by atoms with Crippen molar-refractivity contribution in [3.05, 3.63) is 45.4 Å². The second-order valence-electron chi connectivity index (χ2n) is 11.2. The van der Waals surface area contributed by atoms with Crippen LogP contribution < -0.4 is 5.56 Å². The lowest BCUT2D eigenvalue weighted by Gasteiger charge is -2.46. The number of likely N-dealkylation sites (tertiary alicyclic amines) is 1. The fraction of sp³-hybridized carbons (Fsp3) is 0.692. The van der Waals surface area contributed by atoms with Gasteiger partial charge in [-0.05, 0) is 62.8 Å². The first kappa shape index (κ1) is 19.8. The van der Waals surface area contributed by atoms with E-state index in [1.807, 2.05) is 10.6 Å². The van der Waals surface area contributed by atoms with E-state index >= 15 is 0 Å². The molecule has 3 fully saturated rings. The lowest BCUT2D eigenvalue weighted by Crippen LogP contribution is -2.49. The minimum atomic E-state index is -0.00595. The number of ether oxygens (including phenoxy) is 1. The Kier molecular flexibility index (Phi) is 4.51. The number of hydrogen-bond acceptors (Lipinski definition) is 4. The number of hydrogen-bond donors (Lipinski definition) is 0. The van der Waals surface area contributed by atoms with Crippen molar-refractivity contribution < 1.29 is 9.53 Å². The Bertz CT molecular complexity index is 1010. The molecule has 5 nitrogen and oxygen atoms in total. The number of fused-ring (bicyclic) bond motifs is 6. The first-order chi connectivity index (χ1) is 14.9. The summed E-state index contributed by atoms with van der Waals surface area (Å²) in [5.41, 5.74) is 4.74. The van der Waals surface area contributed by atoms with Crippen molar-refractivity contribution in [1.29, 1.82) is 0 Å². The van der Waals surface area contributed by atoms with Crippen molar-refractivity contribution in [2.75, 3.05) is 19.6 Å². The van der Waals surface area contributed by atoms with Gasteiger partial charge in [-0.3, -0.25) is 9.59 Å². The van der Waals surface area contributed by atoms with Gasteiger partial charge >= 0.3 is 5.97 Å². The molecule has 6 rings (SSSR count). The summed E-state index contributed by atoms with van der Waals surface area (Å²) in [5.74, 6) is 1.25. The maximum absolute atomic E-state index is 13.0. The highest BCUT2D eigenvalue weighted by Crippen LogP contribution is 2.55. The summed E-state index contributed by atoms with van der Waals surface area (Å²) in [7, 11) is 0. The quantitative estimate of drug-likeness (QED) is 0.538. The molecule has 6 atom stereocenters. The number of carbonyl (C=O) groups excluding carboxylic acids is 1. The summed E-state index contributed by atoms with van der Waals surface area (Å²) in [4.78, 5) is 27.8. The van der Waals surface area contributed by atoms with E-state index < -0.39 is 0 Å². The van der Waals surface area contributed by atoms with Crippen LogP contribution in [0.25, 0.3) is 0 Å². The Morgan fingerprint density at radius 3 is 2.94 bits per heavy atom. The zero-order valence-corrected chi connectivity index (χ0v) is 18.8. The normalized spacial score (nSPS) is 39.5. The molecule has 1 saturated carbocycles. The Hall–Kier alpha value is -1.88. The molecule has 2 bridgehead atoms. The van der Waals surface area contributed by atoms with Crippen molar-refractivity contribution in [2.24, 2.45) is 23.2 Å². The monoisotopic (exact) mass is 422 g/mol. The van der Waals surface area contributed by atoms with Crippen LogP contribution in [0.5, 0.6) is 0 Å². The standard InChI is InChI=1S/C26H34N2O3/c1-16-5-4-8-26(2)11-23-19(10-21(16)26)20(25(30)31-23)15-27-12-17-9-18(14-27)22-6-3-7-24(29)28(22)13-17/h3,6-7,17-20,23H,4-5,8-15H2,1-2H3/t17-,18+,19-,20?,23-,26-/m1/s1. The number of piperidine rings is 1. The number of allylic oxidation sites excluding steroid dienone is 2. The van der Waals surface area contributed by atoms with Gasteiger partial charge in [-0.25, -0.2) is 0 Å². The lowest BCUT2D eigenvalue weighted by molar-refractivity contribution is -0.145. The van der Waals surface area contributed by atoms with Crippen molar-refractivity contribution in [1.82, 2.24) is 9.47 Å². The summed E-state index contributed by atoms with van der Waals surface area (Å²) in [5, 5.41) is 0. The van der Waals surface area contributed by atoms with E-state index in [-0.39, 0.29) is 29.0 Å². The van der Waals surface area contributed by atoms with Crippen molar-refractivity contribution in [3.63, 3.8) is 0 Å². The molecular weight excluding hydrogens is 388 g/mol. The first-order valence-corrected chi connectivity index (χ1v) is 12.2.